The van der Waals surface area contributed by atoms with E-state index in [1.165, 1.54) is 28.8 Å². The maximum atomic E-state index is 14.1. The van der Waals surface area contributed by atoms with Gasteiger partial charge >= 0.3 is 0 Å². The molecule has 0 radical (unpaired) electrons. The van der Waals surface area contributed by atoms with E-state index in [9.17, 15) is 17.6 Å². The number of aromatic nitrogens is 1. The van der Waals surface area contributed by atoms with E-state index in [0.29, 0.717) is 37.3 Å². The summed E-state index contributed by atoms with van der Waals surface area (Å²) >= 11 is 0. The molecule has 1 N–H and O–H groups in total. The molecule has 0 unspecified atom stereocenters. The number of hydrogen-bond acceptors (Lipinski definition) is 6. The molecule has 2 aromatic carbocycles. The minimum atomic E-state index is -3.53. The molecule has 1 fully saturated rings. The van der Waals surface area contributed by atoms with E-state index in [4.69, 9.17) is 4.74 Å². The summed E-state index contributed by atoms with van der Waals surface area (Å²) in [6.45, 7) is 1.86. The zero-order valence-corrected chi connectivity index (χ0v) is 20.2. The molecule has 1 amide bonds. The van der Waals surface area contributed by atoms with Crippen LogP contribution in [-0.2, 0) is 10.0 Å². The monoisotopic (exact) mass is 498 g/mol. The van der Waals surface area contributed by atoms with Crippen molar-refractivity contribution in [1.29, 1.82) is 0 Å². The Bertz CT molecular complexity index is 1280. The number of ether oxygens (including phenoxy) is 1. The Morgan fingerprint density at radius 2 is 1.77 bits per heavy atom. The molecular formula is C25H27FN4O4S. The SMILES string of the molecule is COc1ccc(N2CCN(S(=O)(=O)CCNC(=O)c3cncc(-c4ccccc4F)c3)CC2)cc1. The highest BCUT2D eigenvalue weighted by Gasteiger charge is 2.27. The first-order valence-electron chi connectivity index (χ1n) is 11.2. The van der Waals surface area contributed by atoms with Crippen molar-refractivity contribution < 1.29 is 22.3 Å². The van der Waals surface area contributed by atoms with Crippen molar-refractivity contribution in [1.82, 2.24) is 14.6 Å². The average Bonchev–Trinajstić information content (AvgIpc) is 2.89. The highest BCUT2D eigenvalue weighted by Crippen LogP contribution is 2.23. The number of nitrogens with one attached hydrogen (secondary N) is 1. The Hall–Kier alpha value is -3.50. The van der Waals surface area contributed by atoms with Crippen molar-refractivity contribution in [2.24, 2.45) is 0 Å². The molecular weight excluding hydrogens is 471 g/mol. The number of benzene rings is 2. The number of rotatable bonds is 8. The molecule has 0 bridgehead atoms. The molecule has 0 atom stereocenters. The molecule has 0 aliphatic carbocycles. The Morgan fingerprint density at radius 1 is 1.06 bits per heavy atom. The molecule has 3 aromatic rings. The number of carbonyl (C=O) groups is 1. The van der Waals surface area contributed by atoms with Crippen molar-refractivity contribution in [3.8, 4) is 16.9 Å². The van der Waals surface area contributed by atoms with E-state index >= 15 is 0 Å². The van der Waals surface area contributed by atoms with E-state index in [1.54, 1.807) is 25.3 Å². The number of anilines is 1. The van der Waals surface area contributed by atoms with Crippen LogP contribution in [0, 0.1) is 5.82 Å². The smallest absolute Gasteiger partial charge is 0.252 e. The molecule has 1 aliphatic heterocycles. The van der Waals surface area contributed by atoms with Gasteiger partial charge in [0.15, 0.2) is 0 Å². The van der Waals surface area contributed by atoms with E-state index in [2.05, 4.69) is 15.2 Å². The maximum Gasteiger partial charge on any atom is 0.252 e. The van der Waals surface area contributed by atoms with Gasteiger partial charge in [0.05, 0.1) is 18.4 Å². The highest BCUT2D eigenvalue weighted by molar-refractivity contribution is 7.89. The molecule has 0 saturated carbocycles. The zero-order chi connectivity index (χ0) is 24.8. The van der Waals surface area contributed by atoms with Crippen molar-refractivity contribution >= 4 is 21.6 Å². The van der Waals surface area contributed by atoms with Crippen LogP contribution in [0.3, 0.4) is 0 Å². The quantitative estimate of drug-likeness (QED) is 0.514. The van der Waals surface area contributed by atoms with E-state index < -0.39 is 21.7 Å². The fourth-order valence-corrected chi connectivity index (χ4v) is 5.29. The fraction of sp³-hybridized carbons (Fsp3) is 0.280. The number of piperazine rings is 1. The predicted molar refractivity (Wildman–Crippen MR) is 133 cm³/mol. The van der Waals surface area contributed by atoms with Gasteiger partial charge in [0.25, 0.3) is 5.91 Å². The summed E-state index contributed by atoms with van der Waals surface area (Å²) in [5.74, 6) is -0.311. The van der Waals surface area contributed by atoms with Crippen LogP contribution in [0.5, 0.6) is 5.75 Å². The van der Waals surface area contributed by atoms with Crippen LogP contribution in [-0.4, -0.2) is 69.2 Å². The van der Waals surface area contributed by atoms with Crippen molar-refractivity contribution in [2.75, 3.05) is 50.5 Å². The fourth-order valence-electron chi connectivity index (χ4n) is 3.95. The van der Waals surface area contributed by atoms with Crippen LogP contribution in [0.2, 0.25) is 0 Å². The van der Waals surface area contributed by atoms with Gasteiger partial charge < -0.3 is 15.0 Å². The Balaban J connectivity index is 1.29. The number of pyridine rings is 1. The van der Waals surface area contributed by atoms with Gasteiger partial charge in [-0.25, -0.2) is 12.8 Å². The summed E-state index contributed by atoms with van der Waals surface area (Å²) in [6.07, 6.45) is 2.85. The molecule has 0 spiro atoms. The van der Waals surface area contributed by atoms with Gasteiger partial charge in [-0.15, -0.1) is 0 Å². The standard InChI is InChI=1S/C25H27FN4O4S/c1-34-22-8-6-21(7-9-22)29-11-13-30(14-12-29)35(32,33)15-10-28-25(31)20-16-19(17-27-18-20)23-4-2-3-5-24(23)26/h2-9,16-18H,10-15H2,1H3,(H,28,31). The van der Waals surface area contributed by atoms with E-state index in [0.717, 1.165) is 11.4 Å². The second-order valence-electron chi connectivity index (χ2n) is 8.10. The van der Waals surface area contributed by atoms with Crippen LogP contribution in [0.4, 0.5) is 10.1 Å². The summed E-state index contributed by atoms with van der Waals surface area (Å²) < 4.78 is 46.3. The van der Waals surface area contributed by atoms with Gasteiger partial charge in [0, 0.05) is 61.9 Å². The van der Waals surface area contributed by atoms with Crippen molar-refractivity contribution in [3.05, 3.63) is 78.4 Å². The molecule has 1 aromatic heterocycles. The number of carbonyl (C=O) groups excluding carboxylic acids is 1. The third-order valence-corrected chi connectivity index (χ3v) is 7.77. The van der Waals surface area contributed by atoms with Crippen LogP contribution in [0.1, 0.15) is 10.4 Å². The number of amides is 1. The number of halogens is 1. The molecule has 10 heteroatoms. The first-order valence-corrected chi connectivity index (χ1v) is 12.8. The summed E-state index contributed by atoms with van der Waals surface area (Å²) in [7, 11) is -1.92. The van der Waals surface area contributed by atoms with Crippen LogP contribution >= 0.6 is 0 Å². The Kier molecular flexibility index (Phi) is 7.62. The lowest BCUT2D eigenvalue weighted by Crippen LogP contribution is -2.50. The zero-order valence-electron chi connectivity index (χ0n) is 19.4. The normalized spacial score (nSPS) is 14.5. The second-order valence-corrected chi connectivity index (χ2v) is 10.2. The minimum absolute atomic E-state index is 0.0379. The molecule has 184 valence electrons. The first-order chi connectivity index (χ1) is 16.9. The van der Waals surface area contributed by atoms with Gasteiger partial charge in [0.2, 0.25) is 10.0 Å². The van der Waals surface area contributed by atoms with Crippen LogP contribution < -0.4 is 15.0 Å². The topological polar surface area (TPSA) is 91.8 Å². The number of hydrogen-bond donors (Lipinski definition) is 1. The maximum absolute atomic E-state index is 14.1. The van der Waals surface area contributed by atoms with Gasteiger partial charge in [-0.2, -0.15) is 4.31 Å². The van der Waals surface area contributed by atoms with Crippen molar-refractivity contribution in [3.63, 3.8) is 0 Å². The first kappa shape index (κ1) is 24.6. The van der Waals surface area contributed by atoms with Crippen LogP contribution in [0.25, 0.3) is 11.1 Å². The molecule has 1 aliphatic rings. The molecule has 4 rings (SSSR count). The highest BCUT2D eigenvalue weighted by atomic mass is 32.2. The predicted octanol–water partition coefficient (Wildman–Crippen LogP) is 2.78. The molecule has 2 heterocycles. The van der Waals surface area contributed by atoms with Crippen LogP contribution in [0.15, 0.2) is 67.0 Å². The third-order valence-electron chi connectivity index (χ3n) is 5.90. The third kappa shape index (κ3) is 5.95. The average molecular weight is 499 g/mol. The van der Waals surface area contributed by atoms with Gasteiger partial charge in [-0.3, -0.25) is 9.78 Å². The molecule has 8 nitrogen and oxygen atoms in total. The number of sulfonamides is 1. The molecule has 1 saturated heterocycles. The van der Waals surface area contributed by atoms with Crippen molar-refractivity contribution in [2.45, 2.75) is 0 Å². The van der Waals surface area contributed by atoms with Gasteiger partial charge in [-0.1, -0.05) is 18.2 Å². The van der Waals surface area contributed by atoms with Gasteiger partial charge in [-0.05, 0) is 36.4 Å². The summed E-state index contributed by atoms with van der Waals surface area (Å²) in [4.78, 5) is 18.7. The lowest BCUT2D eigenvalue weighted by atomic mass is 10.1. The van der Waals surface area contributed by atoms with E-state index in [-0.39, 0.29) is 17.9 Å². The Morgan fingerprint density at radius 3 is 2.46 bits per heavy atom. The number of methoxy groups -OCH3 is 1. The summed E-state index contributed by atoms with van der Waals surface area (Å²) in [5.41, 5.74) is 2.06. The summed E-state index contributed by atoms with van der Waals surface area (Å²) in [5, 5.41) is 2.63. The largest absolute Gasteiger partial charge is 0.497 e. The van der Waals surface area contributed by atoms with E-state index in [1.807, 2.05) is 24.3 Å². The second kappa shape index (κ2) is 10.8. The van der Waals surface area contributed by atoms with Gasteiger partial charge in [0.1, 0.15) is 11.6 Å². The lowest BCUT2D eigenvalue weighted by Gasteiger charge is -2.35. The Labute approximate surface area is 204 Å². The number of nitrogens with zero attached hydrogens (tertiary/aromatic N) is 3. The minimum Gasteiger partial charge on any atom is -0.497 e. The molecule has 35 heavy (non-hydrogen) atoms. The summed E-state index contributed by atoms with van der Waals surface area (Å²) in [6, 6.07) is 15.4. The lowest BCUT2D eigenvalue weighted by molar-refractivity contribution is 0.0955.